The maximum absolute atomic E-state index is 12.8. The van der Waals surface area contributed by atoms with Gasteiger partial charge < -0.3 is 14.3 Å². The minimum Gasteiger partial charge on any atom is -0.455 e. The Morgan fingerprint density at radius 3 is 2.92 bits per heavy atom. The molecule has 2 aromatic heterocycles. The molecular formula is C19H24N4O3. The van der Waals surface area contributed by atoms with Crippen molar-refractivity contribution in [2.45, 2.75) is 39.3 Å². The van der Waals surface area contributed by atoms with Crippen LogP contribution in [0.5, 0.6) is 0 Å². The van der Waals surface area contributed by atoms with Gasteiger partial charge in [0.05, 0.1) is 30.7 Å². The molecule has 0 aromatic carbocycles. The number of nitrogens with one attached hydrogen (secondary N) is 1. The number of aromatic nitrogens is 2. The Bertz CT molecular complexity index is 848. The van der Waals surface area contributed by atoms with Crippen LogP contribution in [0.2, 0.25) is 0 Å². The first-order valence-corrected chi connectivity index (χ1v) is 9.26. The number of hydrogen-bond donors (Lipinski definition) is 1. The molecule has 26 heavy (non-hydrogen) atoms. The maximum atomic E-state index is 12.8. The van der Waals surface area contributed by atoms with Crippen LogP contribution in [0, 0.1) is 5.92 Å². The van der Waals surface area contributed by atoms with Crippen molar-refractivity contribution in [2.24, 2.45) is 5.92 Å². The van der Waals surface area contributed by atoms with Gasteiger partial charge in [0.15, 0.2) is 5.76 Å². The summed E-state index contributed by atoms with van der Waals surface area (Å²) in [5.74, 6) is 1.78. The Morgan fingerprint density at radius 1 is 1.31 bits per heavy atom. The molecule has 1 amide bonds. The lowest BCUT2D eigenvalue weighted by atomic mass is 9.99. The van der Waals surface area contributed by atoms with E-state index in [1.54, 1.807) is 11.0 Å². The summed E-state index contributed by atoms with van der Waals surface area (Å²) in [6.45, 7) is 6.00. The minimum absolute atomic E-state index is 0.169. The minimum atomic E-state index is -0.174. The molecule has 1 fully saturated rings. The molecule has 0 spiro atoms. The lowest BCUT2D eigenvalue weighted by Crippen LogP contribution is -2.39. The zero-order valence-corrected chi connectivity index (χ0v) is 15.0. The summed E-state index contributed by atoms with van der Waals surface area (Å²) in [6, 6.07) is 3.63. The van der Waals surface area contributed by atoms with Gasteiger partial charge in [-0.15, -0.1) is 0 Å². The Hall–Kier alpha value is -2.41. The third-order valence-corrected chi connectivity index (χ3v) is 5.42. The lowest BCUT2D eigenvalue weighted by Gasteiger charge is -2.29. The van der Waals surface area contributed by atoms with E-state index in [1.807, 2.05) is 6.07 Å². The molecule has 1 saturated heterocycles. The monoisotopic (exact) mass is 356 g/mol. The van der Waals surface area contributed by atoms with Crippen LogP contribution in [-0.4, -0.2) is 45.3 Å². The van der Waals surface area contributed by atoms with Crippen LogP contribution in [0.1, 0.15) is 47.3 Å². The summed E-state index contributed by atoms with van der Waals surface area (Å²) in [5.41, 5.74) is 1.17. The molecule has 0 saturated carbocycles. The number of aromatic amines is 1. The number of rotatable bonds is 3. The van der Waals surface area contributed by atoms with E-state index in [-0.39, 0.29) is 18.0 Å². The molecular weight excluding hydrogens is 332 g/mol. The number of furan rings is 1. The Labute approximate surface area is 152 Å². The molecule has 4 rings (SSSR count). The average molecular weight is 356 g/mol. The fourth-order valence-corrected chi connectivity index (χ4v) is 3.70. The van der Waals surface area contributed by atoms with E-state index in [9.17, 15) is 9.59 Å². The molecule has 7 heteroatoms. The first kappa shape index (κ1) is 17.0. The van der Waals surface area contributed by atoms with Crippen molar-refractivity contribution < 1.29 is 9.21 Å². The van der Waals surface area contributed by atoms with Gasteiger partial charge in [0, 0.05) is 13.0 Å². The van der Waals surface area contributed by atoms with Gasteiger partial charge in [0.25, 0.3) is 11.5 Å². The van der Waals surface area contributed by atoms with E-state index in [0.29, 0.717) is 24.3 Å². The van der Waals surface area contributed by atoms with Crippen LogP contribution >= 0.6 is 0 Å². The largest absolute Gasteiger partial charge is 0.455 e. The molecule has 0 atom stereocenters. The molecule has 138 valence electrons. The molecule has 7 nitrogen and oxygen atoms in total. The van der Waals surface area contributed by atoms with Crippen LogP contribution in [0.3, 0.4) is 0 Å². The number of nitrogens with zero attached hydrogens (tertiary/aromatic N) is 3. The van der Waals surface area contributed by atoms with Crippen molar-refractivity contribution in [1.82, 2.24) is 19.8 Å². The molecule has 2 aliphatic rings. The van der Waals surface area contributed by atoms with Crippen molar-refractivity contribution in [1.29, 1.82) is 0 Å². The maximum Gasteiger partial charge on any atom is 0.289 e. The molecule has 4 heterocycles. The quantitative estimate of drug-likeness (QED) is 0.907. The first-order valence-electron chi connectivity index (χ1n) is 9.26. The molecule has 0 bridgehead atoms. The van der Waals surface area contributed by atoms with Gasteiger partial charge in [-0.2, -0.15) is 0 Å². The lowest BCUT2D eigenvalue weighted by molar-refractivity contribution is 0.0695. The van der Waals surface area contributed by atoms with Gasteiger partial charge in [-0.3, -0.25) is 14.5 Å². The number of amides is 1. The number of hydrogen-bond acceptors (Lipinski definition) is 5. The summed E-state index contributed by atoms with van der Waals surface area (Å²) in [7, 11) is 0. The molecule has 0 unspecified atom stereocenters. The van der Waals surface area contributed by atoms with Gasteiger partial charge in [-0.05, 0) is 44.0 Å². The highest BCUT2D eigenvalue weighted by atomic mass is 16.4. The fourth-order valence-electron chi connectivity index (χ4n) is 3.70. The highest BCUT2D eigenvalue weighted by Gasteiger charge is 2.26. The molecule has 0 aliphatic carbocycles. The summed E-state index contributed by atoms with van der Waals surface area (Å²) in [6.07, 6.45) is 4.42. The highest BCUT2D eigenvalue weighted by Crippen LogP contribution is 2.21. The number of likely N-dealkylation sites (tertiary alicyclic amines) is 1. The standard InChI is InChI=1S/C19H24N4O3/c1-13-4-7-22(8-5-13)10-14-2-3-17(26-14)19(25)23-9-6-16-15(11-23)18(24)21-12-20-16/h2-3,12-13H,4-11H2,1H3,(H,20,21,24). The Kier molecular flexibility index (Phi) is 4.63. The highest BCUT2D eigenvalue weighted by molar-refractivity contribution is 5.91. The summed E-state index contributed by atoms with van der Waals surface area (Å²) in [4.78, 5) is 35.5. The SMILES string of the molecule is CC1CCN(Cc2ccc(C(=O)N3CCc4nc[nH]c(=O)c4C3)o2)CC1. The molecule has 2 aliphatic heterocycles. The fraction of sp³-hybridized carbons (Fsp3) is 0.526. The number of piperidine rings is 1. The topological polar surface area (TPSA) is 82.4 Å². The van der Waals surface area contributed by atoms with Gasteiger partial charge in [0.2, 0.25) is 0 Å². The zero-order chi connectivity index (χ0) is 18.1. The van der Waals surface area contributed by atoms with Crippen molar-refractivity contribution in [3.63, 3.8) is 0 Å². The average Bonchev–Trinajstić information content (AvgIpc) is 3.12. The van der Waals surface area contributed by atoms with E-state index in [4.69, 9.17) is 4.42 Å². The van der Waals surface area contributed by atoms with Crippen LogP contribution in [0.15, 0.2) is 27.7 Å². The van der Waals surface area contributed by atoms with Gasteiger partial charge in [-0.1, -0.05) is 6.92 Å². The van der Waals surface area contributed by atoms with Crippen LogP contribution in [-0.2, 0) is 19.5 Å². The second kappa shape index (κ2) is 7.07. The Balaban J connectivity index is 1.42. The van der Waals surface area contributed by atoms with Gasteiger partial charge in [-0.25, -0.2) is 4.98 Å². The van der Waals surface area contributed by atoms with Gasteiger partial charge >= 0.3 is 0 Å². The van der Waals surface area contributed by atoms with E-state index in [2.05, 4.69) is 21.8 Å². The second-order valence-electron chi connectivity index (χ2n) is 7.36. The zero-order valence-electron chi connectivity index (χ0n) is 15.0. The van der Waals surface area contributed by atoms with Gasteiger partial charge in [0.1, 0.15) is 5.76 Å². The van der Waals surface area contributed by atoms with Crippen molar-refractivity contribution in [3.8, 4) is 0 Å². The smallest absolute Gasteiger partial charge is 0.289 e. The van der Waals surface area contributed by atoms with E-state index < -0.39 is 0 Å². The van der Waals surface area contributed by atoms with E-state index in [1.165, 1.54) is 19.2 Å². The third-order valence-electron chi connectivity index (χ3n) is 5.42. The Morgan fingerprint density at radius 2 is 2.12 bits per heavy atom. The molecule has 2 aromatic rings. The second-order valence-corrected chi connectivity index (χ2v) is 7.36. The third kappa shape index (κ3) is 3.44. The predicted molar refractivity (Wildman–Crippen MR) is 95.7 cm³/mol. The predicted octanol–water partition coefficient (Wildman–Crippen LogP) is 1.79. The summed E-state index contributed by atoms with van der Waals surface area (Å²) in [5, 5.41) is 0. The number of carbonyl (C=O) groups is 1. The van der Waals surface area contributed by atoms with E-state index in [0.717, 1.165) is 37.0 Å². The molecule has 1 N–H and O–H groups in total. The van der Waals surface area contributed by atoms with Crippen LogP contribution in [0.25, 0.3) is 0 Å². The first-order chi connectivity index (χ1) is 12.6. The van der Waals surface area contributed by atoms with Crippen LogP contribution in [0.4, 0.5) is 0 Å². The van der Waals surface area contributed by atoms with Crippen molar-refractivity contribution in [2.75, 3.05) is 19.6 Å². The van der Waals surface area contributed by atoms with E-state index >= 15 is 0 Å². The number of H-pyrrole nitrogens is 1. The normalized spacial score (nSPS) is 18.7. The summed E-state index contributed by atoms with van der Waals surface area (Å²) >= 11 is 0. The van der Waals surface area contributed by atoms with Crippen molar-refractivity contribution >= 4 is 5.91 Å². The van der Waals surface area contributed by atoms with Crippen LogP contribution < -0.4 is 5.56 Å². The van der Waals surface area contributed by atoms with Crippen molar-refractivity contribution in [3.05, 3.63) is 51.6 Å². The molecule has 0 radical (unpaired) electrons. The number of fused-ring (bicyclic) bond motifs is 1. The summed E-state index contributed by atoms with van der Waals surface area (Å²) < 4.78 is 5.81. The number of carbonyl (C=O) groups excluding carboxylic acids is 1.